The average molecular weight is 375 g/mol. The molecule has 0 aliphatic carbocycles. The van der Waals surface area contributed by atoms with E-state index in [2.05, 4.69) is 24.3 Å². The van der Waals surface area contributed by atoms with Crippen molar-refractivity contribution in [2.45, 2.75) is 31.6 Å². The maximum Gasteiger partial charge on any atom is 0.222 e. The molecule has 0 saturated carbocycles. The first-order chi connectivity index (χ1) is 13.2. The van der Waals surface area contributed by atoms with Crippen LogP contribution in [0.2, 0.25) is 0 Å². The predicted molar refractivity (Wildman–Crippen MR) is 108 cm³/mol. The molecular formula is C22H21N3OS. The van der Waals surface area contributed by atoms with Gasteiger partial charge >= 0.3 is 0 Å². The highest BCUT2D eigenvalue weighted by molar-refractivity contribution is 7.18. The van der Waals surface area contributed by atoms with Crippen LogP contribution in [-0.2, 0) is 11.2 Å². The third-order valence-corrected chi connectivity index (χ3v) is 6.42. The van der Waals surface area contributed by atoms with Crippen molar-refractivity contribution >= 4 is 27.5 Å². The highest BCUT2D eigenvalue weighted by Crippen LogP contribution is 2.33. The van der Waals surface area contributed by atoms with Gasteiger partial charge in [0.1, 0.15) is 0 Å². The number of para-hydroxylation sites is 1. The lowest BCUT2D eigenvalue weighted by Gasteiger charge is -2.31. The van der Waals surface area contributed by atoms with Gasteiger partial charge in [-0.1, -0.05) is 24.3 Å². The minimum Gasteiger partial charge on any atom is -0.343 e. The number of aromatic nitrogens is 1. The Morgan fingerprint density at radius 3 is 2.59 bits per heavy atom. The molecule has 0 bridgehead atoms. The highest BCUT2D eigenvalue weighted by Gasteiger charge is 2.25. The number of fused-ring (bicyclic) bond motifs is 1. The molecule has 4 rings (SSSR count). The van der Waals surface area contributed by atoms with Crippen LogP contribution in [0.5, 0.6) is 0 Å². The fourth-order valence-electron chi connectivity index (χ4n) is 3.60. The second kappa shape index (κ2) is 7.89. The molecule has 1 aliphatic rings. The first-order valence-electron chi connectivity index (χ1n) is 9.35. The Kier molecular flexibility index (Phi) is 5.17. The maximum absolute atomic E-state index is 12.5. The van der Waals surface area contributed by atoms with Crippen molar-refractivity contribution in [2.75, 3.05) is 13.1 Å². The molecule has 1 aliphatic heterocycles. The van der Waals surface area contributed by atoms with Crippen LogP contribution in [0.3, 0.4) is 0 Å². The van der Waals surface area contributed by atoms with E-state index in [0.29, 0.717) is 17.9 Å². The van der Waals surface area contributed by atoms with E-state index in [4.69, 9.17) is 10.2 Å². The molecule has 27 heavy (non-hydrogen) atoms. The number of nitriles is 1. The molecule has 0 radical (unpaired) electrons. The number of rotatable bonds is 4. The number of hydrogen-bond donors (Lipinski definition) is 0. The Labute approximate surface area is 163 Å². The summed E-state index contributed by atoms with van der Waals surface area (Å²) in [6.45, 7) is 1.62. The molecule has 136 valence electrons. The van der Waals surface area contributed by atoms with Crippen LogP contribution in [0.1, 0.15) is 41.3 Å². The molecule has 3 aromatic rings. The van der Waals surface area contributed by atoms with Gasteiger partial charge in [-0.25, -0.2) is 4.98 Å². The standard InChI is InChI=1S/C22H21N3OS/c23-15-17-7-5-16(6-8-17)9-10-21(26)25-13-11-18(12-14-25)22-24-19-3-1-2-4-20(19)27-22/h1-8,18H,9-14H2. The summed E-state index contributed by atoms with van der Waals surface area (Å²) in [5.41, 5.74) is 2.84. The van der Waals surface area contributed by atoms with Gasteiger partial charge in [0.15, 0.2) is 0 Å². The van der Waals surface area contributed by atoms with Crippen LogP contribution < -0.4 is 0 Å². The molecule has 0 N–H and O–H groups in total. The van der Waals surface area contributed by atoms with Crippen LogP contribution in [0.15, 0.2) is 48.5 Å². The van der Waals surface area contributed by atoms with Crippen LogP contribution in [0.25, 0.3) is 10.2 Å². The smallest absolute Gasteiger partial charge is 0.222 e. The van der Waals surface area contributed by atoms with Crippen molar-refractivity contribution in [3.05, 3.63) is 64.7 Å². The molecule has 0 atom stereocenters. The first-order valence-corrected chi connectivity index (χ1v) is 10.2. The second-order valence-corrected chi connectivity index (χ2v) is 8.05. The van der Waals surface area contributed by atoms with Gasteiger partial charge in [-0.15, -0.1) is 11.3 Å². The molecule has 5 heteroatoms. The fourth-order valence-corrected chi connectivity index (χ4v) is 4.73. The SMILES string of the molecule is N#Cc1ccc(CCC(=O)N2CCC(c3nc4ccccc4s3)CC2)cc1. The predicted octanol–water partition coefficient (Wildman–Crippen LogP) is 4.51. The summed E-state index contributed by atoms with van der Waals surface area (Å²) in [6.07, 6.45) is 3.23. The number of aryl methyl sites for hydroxylation is 1. The van der Waals surface area contributed by atoms with E-state index in [-0.39, 0.29) is 5.91 Å². The number of carbonyl (C=O) groups is 1. The Balaban J connectivity index is 1.30. The lowest BCUT2D eigenvalue weighted by atomic mass is 9.97. The van der Waals surface area contributed by atoms with Gasteiger partial charge in [-0.3, -0.25) is 4.79 Å². The normalized spacial score (nSPS) is 15.0. The number of benzene rings is 2. The van der Waals surface area contributed by atoms with Crippen molar-refractivity contribution in [2.24, 2.45) is 0 Å². The van der Waals surface area contributed by atoms with E-state index in [1.54, 1.807) is 11.3 Å². The number of piperidine rings is 1. The summed E-state index contributed by atoms with van der Waals surface area (Å²) in [4.78, 5) is 19.3. The minimum absolute atomic E-state index is 0.224. The second-order valence-electron chi connectivity index (χ2n) is 6.98. The van der Waals surface area contributed by atoms with Gasteiger partial charge in [-0.05, 0) is 49.1 Å². The van der Waals surface area contributed by atoms with Crippen molar-refractivity contribution in [3.63, 3.8) is 0 Å². The van der Waals surface area contributed by atoms with Gasteiger partial charge in [0.05, 0.1) is 26.9 Å². The Morgan fingerprint density at radius 1 is 1.15 bits per heavy atom. The zero-order chi connectivity index (χ0) is 18.6. The monoisotopic (exact) mass is 375 g/mol. The van der Waals surface area contributed by atoms with Gasteiger partial charge in [-0.2, -0.15) is 5.26 Å². The number of hydrogen-bond acceptors (Lipinski definition) is 4. The summed E-state index contributed by atoms with van der Waals surface area (Å²) >= 11 is 1.79. The first kappa shape index (κ1) is 17.7. The summed E-state index contributed by atoms with van der Waals surface area (Å²) in [7, 11) is 0. The number of likely N-dealkylation sites (tertiary alicyclic amines) is 1. The fraction of sp³-hybridized carbons (Fsp3) is 0.318. The Hall–Kier alpha value is -2.71. The maximum atomic E-state index is 12.5. The zero-order valence-electron chi connectivity index (χ0n) is 15.1. The summed E-state index contributed by atoms with van der Waals surface area (Å²) < 4.78 is 1.24. The van der Waals surface area contributed by atoms with Crippen molar-refractivity contribution in [1.29, 1.82) is 5.26 Å². The van der Waals surface area contributed by atoms with Crippen LogP contribution in [-0.4, -0.2) is 28.9 Å². The number of amides is 1. The van der Waals surface area contributed by atoms with Crippen LogP contribution in [0.4, 0.5) is 0 Å². The van der Waals surface area contributed by atoms with Gasteiger partial charge in [0.25, 0.3) is 0 Å². The average Bonchev–Trinajstić information content (AvgIpc) is 3.17. The van der Waals surface area contributed by atoms with E-state index in [9.17, 15) is 4.79 Å². The molecule has 0 unspecified atom stereocenters. The van der Waals surface area contributed by atoms with Crippen LogP contribution >= 0.6 is 11.3 Å². The van der Waals surface area contributed by atoms with E-state index >= 15 is 0 Å². The molecule has 1 aromatic heterocycles. The summed E-state index contributed by atoms with van der Waals surface area (Å²) in [5, 5.41) is 10.1. The Morgan fingerprint density at radius 2 is 1.89 bits per heavy atom. The van der Waals surface area contributed by atoms with E-state index < -0.39 is 0 Å². The van der Waals surface area contributed by atoms with Gasteiger partial charge in [0.2, 0.25) is 5.91 Å². The molecule has 1 amide bonds. The highest BCUT2D eigenvalue weighted by atomic mass is 32.1. The van der Waals surface area contributed by atoms with Crippen molar-refractivity contribution < 1.29 is 4.79 Å². The van der Waals surface area contributed by atoms with Gasteiger partial charge in [0, 0.05) is 25.4 Å². The zero-order valence-corrected chi connectivity index (χ0v) is 15.9. The summed E-state index contributed by atoms with van der Waals surface area (Å²) in [6, 6.07) is 17.9. The number of nitrogens with zero attached hydrogens (tertiary/aromatic N) is 3. The van der Waals surface area contributed by atoms with E-state index in [1.807, 2.05) is 35.2 Å². The molecule has 0 spiro atoms. The molecular weight excluding hydrogens is 354 g/mol. The van der Waals surface area contributed by atoms with E-state index in [0.717, 1.165) is 43.4 Å². The lowest BCUT2D eigenvalue weighted by Crippen LogP contribution is -2.38. The third-order valence-electron chi connectivity index (χ3n) is 5.22. The number of carbonyl (C=O) groups excluding carboxylic acids is 1. The van der Waals surface area contributed by atoms with Gasteiger partial charge < -0.3 is 4.90 Å². The molecule has 4 nitrogen and oxygen atoms in total. The quantitative estimate of drug-likeness (QED) is 0.674. The molecule has 1 fully saturated rings. The van der Waals surface area contributed by atoms with Crippen LogP contribution in [0, 0.1) is 11.3 Å². The third kappa shape index (κ3) is 4.01. The minimum atomic E-state index is 0.224. The van der Waals surface area contributed by atoms with Crippen molar-refractivity contribution in [1.82, 2.24) is 9.88 Å². The molecule has 2 heterocycles. The van der Waals surface area contributed by atoms with Crippen molar-refractivity contribution in [3.8, 4) is 6.07 Å². The topological polar surface area (TPSA) is 57.0 Å². The largest absolute Gasteiger partial charge is 0.343 e. The molecule has 2 aromatic carbocycles. The Bertz CT molecular complexity index is 946. The lowest BCUT2D eigenvalue weighted by molar-refractivity contribution is -0.132. The molecule has 1 saturated heterocycles. The summed E-state index contributed by atoms with van der Waals surface area (Å²) in [5.74, 6) is 0.687. The van der Waals surface area contributed by atoms with E-state index in [1.165, 1.54) is 9.71 Å². The number of thiazole rings is 1.